The first-order valence-electron chi connectivity index (χ1n) is 5.23. The summed E-state index contributed by atoms with van der Waals surface area (Å²) in [5.74, 6) is 1.14. The van der Waals surface area contributed by atoms with Crippen LogP contribution in [0.4, 0.5) is 0 Å². The molecule has 0 aromatic carbocycles. The van der Waals surface area contributed by atoms with Gasteiger partial charge in [0.15, 0.2) is 0 Å². The third-order valence-corrected chi connectivity index (χ3v) is 4.26. The van der Waals surface area contributed by atoms with Crippen molar-refractivity contribution >= 4 is 27.3 Å². The van der Waals surface area contributed by atoms with Gasteiger partial charge in [-0.15, -0.1) is 11.3 Å². The van der Waals surface area contributed by atoms with Gasteiger partial charge in [-0.1, -0.05) is 5.16 Å². The summed E-state index contributed by atoms with van der Waals surface area (Å²) in [6.07, 6.45) is 0.293. The van der Waals surface area contributed by atoms with Crippen molar-refractivity contribution in [1.82, 2.24) is 15.5 Å². The van der Waals surface area contributed by atoms with E-state index in [2.05, 4.69) is 31.4 Å². The van der Waals surface area contributed by atoms with Gasteiger partial charge in [-0.25, -0.2) is 0 Å². The molecule has 1 saturated heterocycles. The standard InChI is InChI=1S/C10H10BrN3O2S/c11-8-2-1-7(17-8)9-13-10(16-14-9)6-3-5(15)4-12-6/h1-2,5-6,12,15H,3-4H2/t5-,6+/m0/s1. The lowest BCUT2D eigenvalue weighted by Crippen LogP contribution is -2.15. The average Bonchev–Trinajstić information content (AvgIpc) is 2.96. The van der Waals surface area contributed by atoms with E-state index in [0.717, 1.165) is 8.66 Å². The molecule has 0 spiro atoms. The van der Waals surface area contributed by atoms with Gasteiger partial charge in [0.2, 0.25) is 11.7 Å². The second-order valence-corrected chi connectivity index (χ2v) is 6.37. The Morgan fingerprint density at radius 3 is 3.06 bits per heavy atom. The number of nitrogens with one attached hydrogen (secondary N) is 1. The SMILES string of the molecule is O[C@@H]1CN[C@@H](c2nc(-c3ccc(Br)s3)no2)C1. The fourth-order valence-corrected chi connectivity index (χ4v) is 3.13. The van der Waals surface area contributed by atoms with Crippen LogP contribution >= 0.6 is 27.3 Å². The van der Waals surface area contributed by atoms with E-state index in [1.54, 1.807) is 11.3 Å². The first-order valence-corrected chi connectivity index (χ1v) is 6.84. The summed E-state index contributed by atoms with van der Waals surface area (Å²) in [4.78, 5) is 5.31. The van der Waals surface area contributed by atoms with Gasteiger partial charge in [0.05, 0.1) is 20.8 Å². The van der Waals surface area contributed by atoms with Crippen molar-refractivity contribution in [1.29, 1.82) is 0 Å². The van der Waals surface area contributed by atoms with E-state index >= 15 is 0 Å². The molecule has 1 aliphatic rings. The number of rotatable bonds is 2. The molecule has 0 bridgehead atoms. The molecule has 90 valence electrons. The van der Waals surface area contributed by atoms with Gasteiger partial charge in [-0.3, -0.25) is 0 Å². The Morgan fingerprint density at radius 1 is 1.53 bits per heavy atom. The molecule has 0 aliphatic carbocycles. The summed E-state index contributed by atoms with van der Waals surface area (Å²) in [5, 5.41) is 16.5. The zero-order valence-electron chi connectivity index (χ0n) is 8.76. The van der Waals surface area contributed by atoms with Crippen molar-refractivity contribution in [3.8, 4) is 10.7 Å². The fraction of sp³-hybridized carbons (Fsp3) is 0.400. The van der Waals surface area contributed by atoms with E-state index in [4.69, 9.17) is 4.52 Å². The first kappa shape index (κ1) is 11.3. The number of nitrogens with zero attached hydrogens (tertiary/aromatic N) is 2. The highest BCUT2D eigenvalue weighted by Gasteiger charge is 2.28. The van der Waals surface area contributed by atoms with Crippen molar-refractivity contribution in [2.24, 2.45) is 0 Å². The maximum absolute atomic E-state index is 9.43. The zero-order chi connectivity index (χ0) is 11.8. The Hall–Kier alpha value is -0.760. The summed E-state index contributed by atoms with van der Waals surface area (Å²) in [5.41, 5.74) is 0. The van der Waals surface area contributed by atoms with Crippen molar-refractivity contribution in [3.05, 3.63) is 21.8 Å². The minimum atomic E-state index is -0.328. The predicted octanol–water partition coefficient (Wildman–Crippen LogP) is 1.96. The molecule has 0 radical (unpaired) electrons. The minimum absolute atomic E-state index is 0.0327. The van der Waals surface area contributed by atoms with Gasteiger partial charge in [0.25, 0.3) is 0 Å². The zero-order valence-corrected chi connectivity index (χ0v) is 11.2. The topological polar surface area (TPSA) is 71.2 Å². The number of halogens is 1. The molecule has 17 heavy (non-hydrogen) atoms. The van der Waals surface area contributed by atoms with Crippen molar-refractivity contribution in [2.75, 3.05) is 6.54 Å². The highest BCUT2D eigenvalue weighted by Crippen LogP contribution is 2.31. The van der Waals surface area contributed by atoms with Gasteiger partial charge >= 0.3 is 0 Å². The van der Waals surface area contributed by atoms with E-state index in [1.807, 2.05) is 12.1 Å². The van der Waals surface area contributed by atoms with Crippen molar-refractivity contribution in [3.63, 3.8) is 0 Å². The van der Waals surface area contributed by atoms with Crippen LogP contribution in [0.15, 0.2) is 20.4 Å². The van der Waals surface area contributed by atoms with Crippen molar-refractivity contribution in [2.45, 2.75) is 18.6 Å². The van der Waals surface area contributed by atoms with Crippen LogP contribution in [0.3, 0.4) is 0 Å². The number of hydrogen-bond acceptors (Lipinski definition) is 6. The van der Waals surface area contributed by atoms with Gasteiger partial charge in [0, 0.05) is 6.54 Å². The van der Waals surface area contributed by atoms with Crippen LogP contribution in [0.25, 0.3) is 10.7 Å². The maximum Gasteiger partial charge on any atom is 0.244 e. The Kier molecular flexibility index (Phi) is 2.99. The van der Waals surface area contributed by atoms with Crippen LogP contribution in [0.5, 0.6) is 0 Å². The second kappa shape index (κ2) is 4.49. The minimum Gasteiger partial charge on any atom is -0.392 e. The van der Waals surface area contributed by atoms with E-state index in [-0.39, 0.29) is 12.1 Å². The van der Waals surface area contributed by atoms with Crippen LogP contribution in [0, 0.1) is 0 Å². The highest BCUT2D eigenvalue weighted by molar-refractivity contribution is 9.11. The summed E-state index contributed by atoms with van der Waals surface area (Å²) in [6.45, 7) is 0.576. The van der Waals surface area contributed by atoms with Crippen LogP contribution in [-0.2, 0) is 0 Å². The van der Waals surface area contributed by atoms with Gasteiger partial charge in [0.1, 0.15) is 0 Å². The number of aliphatic hydroxyl groups excluding tert-OH is 1. The molecule has 0 saturated carbocycles. The van der Waals surface area contributed by atoms with Crippen LogP contribution < -0.4 is 5.32 Å². The Morgan fingerprint density at radius 2 is 2.41 bits per heavy atom. The molecule has 2 aromatic rings. The number of hydrogen-bond donors (Lipinski definition) is 2. The molecule has 3 heterocycles. The largest absolute Gasteiger partial charge is 0.392 e. The van der Waals surface area contributed by atoms with Crippen molar-refractivity contribution < 1.29 is 9.63 Å². The molecule has 0 unspecified atom stereocenters. The third-order valence-electron chi connectivity index (χ3n) is 2.64. The quantitative estimate of drug-likeness (QED) is 0.886. The smallest absolute Gasteiger partial charge is 0.244 e. The molecular weight excluding hydrogens is 306 g/mol. The van der Waals surface area contributed by atoms with E-state index in [1.165, 1.54) is 0 Å². The highest BCUT2D eigenvalue weighted by atomic mass is 79.9. The maximum atomic E-state index is 9.43. The molecule has 0 amide bonds. The van der Waals surface area contributed by atoms with Gasteiger partial charge in [-0.2, -0.15) is 4.98 Å². The third kappa shape index (κ3) is 2.28. The molecule has 2 N–H and O–H groups in total. The van der Waals surface area contributed by atoms with Gasteiger partial charge < -0.3 is 14.9 Å². The lowest BCUT2D eigenvalue weighted by molar-refractivity contribution is 0.191. The normalized spacial score (nSPS) is 24.4. The van der Waals surface area contributed by atoms with E-state index in [0.29, 0.717) is 24.7 Å². The summed E-state index contributed by atoms with van der Waals surface area (Å²) in [7, 11) is 0. The lowest BCUT2D eigenvalue weighted by Gasteiger charge is -2.01. The summed E-state index contributed by atoms with van der Waals surface area (Å²) in [6, 6.07) is 3.86. The molecular formula is C10H10BrN3O2S. The molecule has 1 fully saturated rings. The predicted molar refractivity (Wildman–Crippen MR) is 66.7 cm³/mol. The number of aliphatic hydroxyl groups is 1. The monoisotopic (exact) mass is 315 g/mol. The fourth-order valence-electron chi connectivity index (χ4n) is 1.82. The number of aromatic nitrogens is 2. The summed E-state index contributed by atoms with van der Waals surface area (Å²) < 4.78 is 6.25. The molecule has 2 atom stereocenters. The number of β-amino-alcohol motifs (C(OH)–C–C–N with tert-alkyl or cyclic N) is 1. The Balaban J connectivity index is 1.83. The first-order chi connectivity index (χ1) is 8.22. The van der Waals surface area contributed by atoms with Crippen LogP contribution in [0.2, 0.25) is 0 Å². The molecule has 5 nitrogen and oxygen atoms in total. The van der Waals surface area contributed by atoms with Crippen LogP contribution in [-0.4, -0.2) is 27.9 Å². The van der Waals surface area contributed by atoms with E-state index in [9.17, 15) is 5.11 Å². The summed E-state index contributed by atoms with van der Waals surface area (Å²) >= 11 is 4.96. The average molecular weight is 316 g/mol. The number of thiophene rings is 1. The molecule has 7 heteroatoms. The molecule has 3 rings (SSSR count). The van der Waals surface area contributed by atoms with Gasteiger partial charge in [-0.05, 0) is 34.5 Å². The second-order valence-electron chi connectivity index (χ2n) is 3.91. The van der Waals surface area contributed by atoms with E-state index < -0.39 is 0 Å². The Bertz CT molecular complexity index is 527. The van der Waals surface area contributed by atoms with Crippen LogP contribution in [0.1, 0.15) is 18.4 Å². The molecule has 2 aromatic heterocycles. The Labute approximate surface area is 110 Å². The lowest BCUT2D eigenvalue weighted by atomic mass is 10.2. The molecule has 1 aliphatic heterocycles.